The third-order valence-electron chi connectivity index (χ3n) is 4.46. The molecule has 1 amide bonds. The van der Waals surface area contributed by atoms with E-state index in [2.05, 4.69) is 36.5 Å². The molecular formula is C19H30N2O2. The van der Waals surface area contributed by atoms with Gasteiger partial charge in [-0.25, -0.2) is 4.79 Å². The van der Waals surface area contributed by atoms with Gasteiger partial charge in [-0.05, 0) is 58.2 Å². The van der Waals surface area contributed by atoms with Crippen molar-refractivity contribution in [2.24, 2.45) is 5.92 Å². The third-order valence-corrected chi connectivity index (χ3v) is 4.46. The van der Waals surface area contributed by atoms with Gasteiger partial charge in [0.25, 0.3) is 0 Å². The zero-order chi connectivity index (χ0) is 17.0. The summed E-state index contributed by atoms with van der Waals surface area (Å²) in [7, 11) is 1.99. The number of carbonyl (C=O) groups excluding carboxylic acids is 1. The molecule has 2 atom stereocenters. The van der Waals surface area contributed by atoms with Crippen molar-refractivity contribution >= 4 is 6.09 Å². The number of rotatable bonds is 4. The van der Waals surface area contributed by atoms with E-state index >= 15 is 0 Å². The average molecular weight is 318 g/mol. The molecule has 2 unspecified atom stereocenters. The van der Waals surface area contributed by atoms with Gasteiger partial charge in [-0.3, -0.25) is 0 Å². The molecule has 0 aliphatic carbocycles. The number of ether oxygens (including phenoxy) is 1. The number of hydrogen-bond acceptors (Lipinski definition) is 3. The molecule has 1 saturated heterocycles. The maximum atomic E-state index is 12.3. The SMILES string of the molecule is CNCC(c1ccccc1C)C1CCN(C(=O)OC(C)(C)C)C1. The predicted octanol–water partition coefficient (Wildman–Crippen LogP) is 3.56. The molecule has 1 aromatic carbocycles. The van der Waals surface area contributed by atoms with E-state index in [9.17, 15) is 4.79 Å². The number of carbonyl (C=O) groups is 1. The second kappa shape index (κ2) is 7.35. The van der Waals surface area contributed by atoms with Crippen molar-refractivity contribution in [3.8, 4) is 0 Å². The van der Waals surface area contributed by atoms with Gasteiger partial charge in [-0.15, -0.1) is 0 Å². The van der Waals surface area contributed by atoms with Crippen LogP contribution in [0.2, 0.25) is 0 Å². The Morgan fingerprint density at radius 1 is 1.39 bits per heavy atom. The van der Waals surface area contributed by atoms with Gasteiger partial charge in [0.2, 0.25) is 0 Å². The van der Waals surface area contributed by atoms with Crippen LogP contribution >= 0.6 is 0 Å². The Morgan fingerprint density at radius 3 is 2.70 bits per heavy atom. The molecule has 2 rings (SSSR count). The molecule has 0 bridgehead atoms. The van der Waals surface area contributed by atoms with Gasteiger partial charge < -0.3 is 15.0 Å². The Labute approximate surface area is 140 Å². The molecule has 1 aromatic rings. The predicted molar refractivity (Wildman–Crippen MR) is 93.8 cm³/mol. The molecule has 1 aliphatic rings. The Balaban J connectivity index is 2.08. The van der Waals surface area contributed by atoms with Crippen LogP contribution in [-0.2, 0) is 4.74 Å². The largest absolute Gasteiger partial charge is 0.444 e. The number of likely N-dealkylation sites (tertiary alicyclic amines) is 1. The van der Waals surface area contributed by atoms with Gasteiger partial charge in [0, 0.05) is 25.6 Å². The second-order valence-corrected chi connectivity index (χ2v) is 7.50. The number of nitrogens with zero attached hydrogens (tertiary/aromatic N) is 1. The first-order valence-corrected chi connectivity index (χ1v) is 8.50. The van der Waals surface area contributed by atoms with E-state index in [1.54, 1.807) is 0 Å². The lowest BCUT2D eigenvalue weighted by Crippen LogP contribution is -2.36. The van der Waals surface area contributed by atoms with Gasteiger partial charge in [0.15, 0.2) is 0 Å². The van der Waals surface area contributed by atoms with Crippen LogP contribution in [0.4, 0.5) is 4.79 Å². The minimum Gasteiger partial charge on any atom is -0.444 e. The van der Waals surface area contributed by atoms with Crippen LogP contribution in [0.1, 0.15) is 44.2 Å². The smallest absolute Gasteiger partial charge is 0.410 e. The third kappa shape index (κ3) is 4.71. The molecule has 1 aliphatic heterocycles. The van der Waals surface area contributed by atoms with Gasteiger partial charge in [0.1, 0.15) is 5.60 Å². The maximum Gasteiger partial charge on any atom is 0.410 e. The zero-order valence-electron chi connectivity index (χ0n) is 15.1. The second-order valence-electron chi connectivity index (χ2n) is 7.50. The number of amides is 1. The first kappa shape index (κ1) is 17.8. The maximum absolute atomic E-state index is 12.3. The van der Waals surface area contributed by atoms with Gasteiger partial charge >= 0.3 is 6.09 Å². The fraction of sp³-hybridized carbons (Fsp3) is 0.632. The molecule has 4 nitrogen and oxygen atoms in total. The number of nitrogens with one attached hydrogen (secondary N) is 1. The number of likely N-dealkylation sites (N-methyl/N-ethyl adjacent to an activating group) is 1. The molecule has 0 aromatic heterocycles. The van der Waals surface area contributed by atoms with Crippen LogP contribution in [0.25, 0.3) is 0 Å². The van der Waals surface area contributed by atoms with Crippen molar-refractivity contribution in [1.82, 2.24) is 10.2 Å². The lowest BCUT2D eigenvalue weighted by molar-refractivity contribution is 0.0286. The first-order chi connectivity index (χ1) is 10.8. The minimum absolute atomic E-state index is 0.187. The molecule has 0 saturated carbocycles. The Hall–Kier alpha value is -1.55. The molecule has 1 N–H and O–H groups in total. The van der Waals surface area contributed by atoms with Crippen molar-refractivity contribution < 1.29 is 9.53 Å². The van der Waals surface area contributed by atoms with E-state index in [4.69, 9.17) is 4.74 Å². The average Bonchev–Trinajstić information content (AvgIpc) is 2.93. The number of hydrogen-bond donors (Lipinski definition) is 1. The first-order valence-electron chi connectivity index (χ1n) is 8.50. The molecule has 23 heavy (non-hydrogen) atoms. The van der Waals surface area contributed by atoms with Crippen molar-refractivity contribution in [2.75, 3.05) is 26.7 Å². The highest BCUT2D eigenvalue weighted by molar-refractivity contribution is 5.68. The van der Waals surface area contributed by atoms with Crippen molar-refractivity contribution in [1.29, 1.82) is 0 Å². The molecule has 1 heterocycles. The summed E-state index contributed by atoms with van der Waals surface area (Å²) in [5.41, 5.74) is 2.27. The molecular weight excluding hydrogens is 288 g/mol. The number of aryl methyl sites for hydroxylation is 1. The monoisotopic (exact) mass is 318 g/mol. The summed E-state index contributed by atoms with van der Waals surface area (Å²) < 4.78 is 5.51. The fourth-order valence-electron chi connectivity index (χ4n) is 3.36. The summed E-state index contributed by atoms with van der Waals surface area (Å²) >= 11 is 0. The Morgan fingerprint density at radius 2 is 2.09 bits per heavy atom. The minimum atomic E-state index is -0.435. The van der Waals surface area contributed by atoms with Crippen molar-refractivity contribution in [3.05, 3.63) is 35.4 Å². The van der Waals surface area contributed by atoms with Crippen LogP contribution in [-0.4, -0.2) is 43.3 Å². The van der Waals surface area contributed by atoms with E-state index in [1.807, 2.05) is 32.7 Å². The highest BCUT2D eigenvalue weighted by Gasteiger charge is 2.34. The highest BCUT2D eigenvalue weighted by atomic mass is 16.6. The Kier molecular flexibility index (Phi) is 5.69. The fourth-order valence-corrected chi connectivity index (χ4v) is 3.36. The van der Waals surface area contributed by atoms with Crippen LogP contribution in [0, 0.1) is 12.8 Å². The van der Waals surface area contributed by atoms with E-state index in [-0.39, 0.29) is 6.09 Å². The number of benzene rings is 1. The highest BCUT2D eigenvalue weighted by Crippen LogP contribution is 2.33. The Bertz CT molecular complexity index is 536. The molecule has 4 heteroatoms. The summed E-state index contributed by atoms with van der Waals surface area (Å²) in [6, 6.07) is 8.56. The van der Waals surface area contributed by atoms with E-state index < -0.39 is 5.60 Å². The molecule has 0 spiro atoms. The quantitative estimate of drug-likeness (QED) is 0.923. The zero-order valence-corrected chi connectivity index (χ0v) is 15.1. The topological polar surface area (TPSA) is 41.6 Å². The molecule has 1 fully saturated rings. The summed E-state index contributed by atoms with van der Waals surface area (Å²) in [5.74, 6) is 0.893. The van der Waals surface area contributed by atoms with E-state index in [0.717, 1.165) is 26.1 Å². The lowest BCUT2D eigenvalue weighted by atomic mass is 9.83. The van der Waals surface area contributed by atoms with Crippen LogP contribution < -0.4 is 5.32 Å². The molecule has 0 radical (unpaired) electrons. The standard InChI is InChI=1S/C19H30N2O2/c1-14-8-6-7-9-16(14)17(12-20-5)15-10-11-21(13-15)18(22)23-19(2,3)4/h6-9,15,17,20H,10-13H2,1-5H3. The lowest BCUT2D eigenvalue weighted by Gasteiger charge is -2.27. The van der Waals surface area contributed by atoms with Crippen LogP contribution in [0.5, 0.6) is 0 Å². The van der Waals surface area contributed by atoms with Crippen LogP contribution in [0.3, 0.4) is 0 Å². The van der Waals surface area contributed by atoms with Crippen molar-refractivity contribution in [2.45, 2.75) is 45.6 Å². The van der Waals surface area contributed by atoms with E-state index in [0.29, 0.717) is 11.8 Å². The van der Waals surface area contributed by atoms with Gasteiger partial charge in [-0.1, -0.05) is 24.3 Å². The normalized spacial score (nSPS) is 19.7. The summed E-state index contributed by atoms with van der Waals surface area (Å²) in [6.45, 7) is 10.4. The summed E-state index contributed by atoms with van der Waals surface area (Å²) in [5, 5.41) is 3.32. The van der Waals surface area contributed by atoms with Crippen molar-refractivity contribution in [3.63, 3.8) is 0 Å². The summed E-state index contributed by atoms with van der Waals surface area (Å²) in [4.78, 5) is 14.1. The summed E-state index contributed by atoms with van der Waals surface area (Å²) in [6.07, 6.45) is 0.841. The van der Waals surface area contributed by atoms with Gasteiger partial charge in [0.05, 0.1) is 0 Å². The molecule has 128 valence electrons. The van der Waals surface area contributed by atoms with E-state index in [1.165, 1.54) is 11.1 Å². The van der Waals surface area contributed by atoms with Gasteiger partial charge in [-0.2, -0.15) is 0 Å². The van der Waals surface area contributed by atoms with Crippen LogP contribution in [0.15, 0.2) is 24.3 Å².